The number of ether oxygens (including phenoxy) is 1. The average molecular weight is 410 g/mol. The molecule has 154 valence electrons. The first-order valence-corrected chi connectivity index (χ1v) is 9.37. The number of hydrogen-bond acceptors (Lipinski definition) is 4. The number of hydrogen-bond donors (Lipinski definition) is 1. The third kappa shape index (κ3) is 5.92. The Kier molecular flexibility index (Phi) is 7.17. The summed E-state index contributed by atoms with van der Waals surface area (Å²) in [6, 6.07) is 10.7. The molecule has 0 aliphatic rings. The minimum absolute atomic E-state index is 0.121. The van der Waals surface area contributed by atoms with Gasteiger partial charge in [0.2, 0.25) is 5.91 Å². The summed E-state index contributed by atoms with van der Waals surface area (Å²) in [6.07, 6.45) is 7.64. The number of nitrogens with one attached hydrogen (secondary N) is 1. The number of terminal acetylenes is 1. The van der Waals surface area contributed by atoms with Gasteiger partial charge in [-0.2, -0.15) is 0 Å². The fourth-order valence-electron chi connectivity index (χ4n) is 2.77. The molecule has 0 bridgehead atoms. The van der Waals surface area contributed by atoms with Gasteiger partial charge in [0, 0.05) is 25.5 Å². The van der Waals surface area contributed by atoms with Gasteiger partial charge in [0.1, 0.15) is 24.0 Å². The van der Waals surface area contributed by atoms with Gasteiger partial charge in [-0.1, -0.05) is 18.1 Å². The highest BCUT2D eigenvalue weighted by molar-refractivity contribution is 5.76. The highest BCUT2D eigenvalue weighted by Crippen LogP contribution is 2.24. The van der Waals surface area contributed by atoms with E-state index in [0.29, 0.717) is 24.6 Å². The minimum atomic E-state index is -0.730. The third-order valence-corrected chi connectivity index (χ3v) is 4.30. The summed E-state index contributed by atoms with van der Waals surface area (Å²) in [7, 11) is 0. The molecular formula is C23H20F2N2O3. The van der Waals surface area contributed by atoms with E-state index in [1.165, 1.54) is 12.3 Å². The van der Waals surface area contributed by atoms with Crippen LogP contribution in [0, 0.1) is 24.0 Å². The minimum Gasteiger partial charge on any atom is -0.481 e. The van der Waals surface area contributed by atoms with Gasteiger partial charge in [-0.15, -0.1) is 6.42 Å². The first-order chi connectivity index (χ1) is 14.5. The number of nitrogens with zero attached hydrogens (tertiary/aromatic N) is 1. The zero-order valence-corrected chi connectivity index (χ0v) is 16.2. The van der Waals surface area contributed by atoms with E-state index >= 15 is 0 Å². The van der Waals surface area contributed by atoms with Crippen LogP contribution in [0.25, 0.3) is 11.3 Å². The van der Waals surface area contributed by atoms with Crippen molar-refractivity contribution in [2.75, 3.05) is 13.2 Å². The number of carbonyl (C=O) groups is 1. The van der Waals surface area contributed by atoms with Crippen LogP contribution < -0.4 is 10.1 Å². The van der Waals surface area contributed by atoms with Crippen molar-refractivity contribution in [2.24, 2.45) is 0 Å². The summed E-state index contributed by atoms with van der Waals surface area (Å²) < 4.78 is 37.6. The highest BCUT2D eigenvalue weighted by atomic mass is 19.1. The van der Waals surface area contributed by atoms with Crippen LogP contribution >= 0.6 is 0 Å². The summed E-state index contributed by atoms with van der Waals surface area (Å²) >= 11 is 0. The van der Waals surface area contributed by atoms with Gasteiger partial charge in [-0.05, 0) is 36.2 Å². The van der Waals surface area contributed by atoms with Crippen LogP contribution in [0.3, 0.4) is 0 Å². The first kappa shape index (κ1) is 21.1. The van der Waals surface area contributed by atoms with E-state index < -0.39 is 11.6 Å². The molecule has 0 atom stereocenters. The molecule has 5 nitrogen and oxygen atoms in total. The molecule has 1 aromatic heterocycles. The van der Waals surface area contributed by atoms with Gasteiger partial charge in [0.15, 0.2) is 11.7 Å². The molecule has 0 radical (unpaired) electrons. The van der Waals surface area contributed by atoms with E-state index in [1.807, 2.05) is 24.3 Å². The molecule has 1 N–H and O–H groups in total. The first-order valence-electron chi connectivity index (χ1n) is 9.37. The van der Waals surface area contributed by atoms with Gasteiger partial charge in [-0.3, -0.25) is 4.79 Å². The Bertz CT molecular complexity index is 1040. The predicted octanol–water partition coefficient (Wildman–Crippen LogP) is 3.92. The smallest absolute Gasteiger partial charge is 0.220 e. The molecular weight excluding hydrogens is 390 g/mol. The maximum atomic E-state index is 13.8. The van der Waals surface area contributed by atoms with Crippen LogP contribution in [0.15, 0.2) is 53.1 Å². The Labute approximate surface area is 173 Å². The van der Waals surface area contributed by atoms with Gasteiger partial charge >= 0.3 is 0 Å². The zero-order chi connectivity index (χ0) is 21.3. The van der Waals surface area contributed by atoms with Gasteiger partial charge in [0.25, 0.3) is 0 Å². The molecule has 2 aromatic carbocycles. The molecule has 3 rings (SSSR count). The van der Waals surface area contributed by atoms with E-state index in [4.69, 9.17) is 15.6 Å². The number of amides is 1. The number of carbonyl (C=O) groups excluding carboxylic acids is 1. The Hall–Kier alpha value is -3.66. The lowest BCUT2D eigenvalue weighted by Gasteiger charge is -2.06. The number of halogens is 2. The van der Waals surface area contributed by atoms with Gasteiger partial charge in [-0.25, -0.2) is 13.8 Å². The molecule has 0 aliphatic heterocycles. The summed E-state index contributed by atoms with van der Waals surface area (Å²) in [5.41, 5.74) is 1.18. The predicted molar refractivity (Wildman–Crippen MR) is 108 cm³/mol. The van der Waals surface area contributed by atoms with E-state index in [-0.39, 0.29) is 36.7 Å². The standard InChI is InChI=1S/C23H20F2N2O3/c1-2-13-29-18-6-3-16(4-7-18)11-12-26-22(28)9-10-23-27-15-21(30-23)19-8-5-17(24)14-20(19)25/h1,3-8,14-15H,9-13H2,(H,26,28). The molecule has 0 saturated carbocycles. The summed E-state index contributed by atoms with van der Waals surface area (Å²) in [4.78, 5) is 16.1. The maximum Gasteiger partial charge on any atom is 0.220 e. The second-order valence-corrected chi connectivity index (χ2v) is 6.48. The average Bonchev–Trinajstić information content (AvgIpc) is 3.20. The molecule has 7 heteroatoms. The maximum absolute atomic E-state index is 13.8. The van der Waals surface area contributed by atoms with Crippen LogP contribution in [0.5, 0.6) is 5.75 Å². The Balaban J connectivity index is 1.42. The number of oxazole rings is 1. The molecule has 0 unspecified atom stereocenters. The van der Waals surface area contributed by atoms with Crippen LogP contribution in [0.1, 0.15) is 17.9 Å². The van der Waals surface area contributed by atoms with Crippen molar-refractivity contribution in [1.82, 2.24) is 10.3 Å². The molecule has 0 fully saturated rings. The van der Waals surface area contributed by atoms with Crippen LogP contribution in [-0.4, -0.2) is 24.0 Å². The van der Waals surface area contributed by atoms with Crippen molar-refractivity contribution < 1.29 is 22.7 Å². The summed E-state index contributed by atoms with van der Waals surface area (Å²) in [6.45, 7) is 0.710. The summed E-state index contributed by atoms with van der Waals surface area (Å²) in [5.74, 6) is 2.07. The lowest BCUT2D eigenvalue weighted by molar-refractivity contribution is -0.121. The molecule has 3 aromatic rings. The number of aromatic nitrogens is 1. The SMILES string of the molecule is C#CCOc1ccc(CCNC(=O)CCc2ncc(-c3ccc(F)cc3F)o2)cc1. The molecule has 0 aliphatic carbocycles. The van der Waals surface area contributed by atoms with Crippen molar-refractivity contribution in [2.45, 2.75) is 19.3 Å². The fraction of sp³-hybridized carbons (Fsp3) is 0.217. The number of aryl methyl sites for hydroxylation is 1. The second kappa shape index (κ2) is 10.2. The third-order valence-electron chi connectivity index (χ3n) is 4.30. The van der Waals surface area contributed by atoms with Crippen molar-refractivity contribution in [3.05, 3.63) is 71.8 Å². The highest BCUT2D eigenvalue weighted by Gasteiger charge is 2.13. The van der Waals surface area contributed by atoms with E-state index in [9.17, 15) is 13.6 Å². The van der Waals surface area contributed by atoms with E-state index in [0.717, 1.165) is 17.7 Å². The Morgan fingerprint density at radius 1 is 1.17 bits per heavy atom. The lowest BCUT2D eigenvalue weighted by atomic mass is 10.1. The number of benzene rings is 2. The Morgan fingerprint density at radius 3 is 2.70 bits per heavy atom. The van der Waals surface area contributed by atoms with E-state index in [1.54, 1.807) is 0 Å². The molecule has 0 saturated heterocycles. The van der Waals surface area contributed by atoms with Crippen molar-refractivity contribution >= 4 is 5.91 Å². The zero-order valence-electron chi connectivity index (χ0n) is 16.2. The van der Waals surface area contributed by atoms with Gasteiger partial charge < -0.3 is 14.5 Å². The molecule has 0 spiro atoms. The molecule has 30 heavy (non-hydrogen) atoms. The van der Waals surface area contributed by atoms with Crippen LogP contribution in [0.2, 0.25) is 0 Å². The van der Waals surface area contributed by atoms with Crippen molar-refractivity contribution in [1.29, 1.82) is 0 Å². The topological polar surface area (TPSA) is 64.4 Å². The normalized spacial score (nSPS) is 10.4. The fourth-order valence-corrected chi connectivity index (χ4v) is 2.77. The van der Waals surface area contributed by atoms with Crippen LogP contribution in [-0.2, 0) is 17.6 Å². The molecule has 1 amide bonds. The largest absolute Gasteiger partial charge is 0.481 e. The van der Waals surface area contributed by atoms with Crippen molar-refractivity contribution in [3.63, 3.8) is 0 Å². The van der Waals surface area contributed by atoms with Crippen LogP contribution in [0.4, 0.5) is 8.78 Å². The van der Waals surface area contributed by atoms with E-state index in [2.05, 4.69) is 16.2 Å². The monoisotopic (exact) mass is 410 g/mol. The molecule has 1 heterocycles. The Morgan fingerprint density at radius 2 is 1.97 bits per heavy atom. The van der Waals surface area contributed by atoms with Gasteiger partial charge in [0.05, 0.1) is 11.8 Å². The number of rotatable bonds is 9. The summed E-state index contributed by atoms with van der Waals surface area (Å²) in [5, 5.41) is 2.84. The van der Waals surface area contributed by atoms with Crippen molar-refractivity contribution in [3.8, 4) is 29.4 Å². The quantitative estimate of drug-likeness (QED) is 0.543. The second-order valence-electron chi connectivity index (χ2n) is 6.48. The lowest BCUT2D eigenvalue weighted by Crippen LogP contribution is -2.25.